The summed E-state index contributed by atoms with van der Waals surface area (Å²) in [5, 5.41) is 0. The Kier molecular flexibility index (Phi) is 2.95. The summed E-state index contributed by atoms with van der Waals surface area (Å²) >= 11 is 0. The number of hydrogen-bond donors (Lipinski definition) is 0. The Morgan fingerprint density at radius 3 is 2.75 bits per heavy atom. The van der Waals surface area contributed by atoms with E-state index in [1.54, 1.807) is 19.1 Å². The van der Waals surface area contributed by atoms with Crippen LogP contribution in [0.1, 0.15) is 17.3 Å². The van der Waals surface area contributed by atoms with E-state index in [2.05, 4.69) is 9.97 Å². The fraction of sp³-hybridized carbons (Fsp3) is 0.182. The molecule has 2 rings (SSSR count). The molecule has 0 N–H and O–H groups in total. The molecule has 0 saturated heterocycles. The first kappa shape index (κ1) is 10.4. The van der Waals surface area contributed by atoms with Crippen LogP contribution in [0.3, 0.4) is 0 Å². The largest absolute Gasteiger partial charge is 0.462 e. The summed E-state index contributed by atoms with van der Waals surface area (Å²) in [5.41, 5.74) is 0.331. The summed E-state index contributed by atoms with van der Waals surface area (Å²) in [5.74, 6) is 0.585. The standard InChI is InChI=1S/C11H10N2O3/c1-2-15-11(14)8-6-12-10(13-7-8)9-4-3-5-16-9/h3-7H,2H2,1H3. The molecule has 2 aromatic rings. The zero-order valence-corrected chi connectivity index (χ0v) is 8.71. The molecule has 0 radical (unpaired) electrons. The number of carbonyl (C=O) groups excluding carboxylic acids is 1. The second-order valence-electron chi connectivity index (χ2n) is 2.99. The Labute approximate surface area is 92.1 Å². The first-order chi connectivity index (χ1) is 7.81. The lowest BCUT2D eigenvalue weighted by Crippen LogP contribution is -2.05. The van der Waals surface area contributed by atoms with Gasteiger partial charge >= 0.3 is 5.97 Å². The molecule has 0 atom stereocenters. The lowest BCUT2D eigenvalue weighted by atomic mass is 10.3. The number of ether oxygens (including phenoxy) is 1. The summed E-state index contributed by atoms with van der Waals surface area (Å²) in [7, 11) is 0. The first-order valence-corrected chi connectivity index (χ1v) is 4.84. The lowest BCUT2D eigenvalue weighted by molar-refractivity contribution is 0.0525. The van der Waals surface area contributed by atoms with Crippen molar-refractivity contribution in [1.82, 2.24) is 9.97 Å². The molecule has 2 aromatic heterocycles. The molecule has 0 aliphatic heterocycles. The maximum atomic E-state index is 11.3. The fourth-order valence-electron chi connectivity index (χ4n) is 1.18. The van der Waals surface area contributed by atoms with Crippen molar-refractivity contribution < 1.29 is 13.9 Å². The van der Waals surface area contributed by atoms with Crippen molar-refractivity contribution in [2.75, 3.05) is 6.61 Å². The van der Waals surface area contributed by atoms with Crippen LogP contribution >= 0.6 is 0 Å². The molecule has 82 valence electrons. The number of nitrogens with zero attached hydrogens (tertiary/aromatic N) is 2. The molecule has 0 aliphatic rings. The molecule has 0 fully saturated rings. The van der Waals surface area contributed by atoms with Crippen LogP contribution in [0.25, 0.3) is 11.6 Å². The normalized spacial score (nSPS) is 10.1. The zero-order valence-electron chi connectivity index (χ0n) is 8.71. The third kappa shape index (κ3) is 2.08. The summed E-state index contributed by atoms with van der Waals surface area (Å²) in [6, 6.07) is 3.50. The van der Waals surface area contributed by atoms with Crippen molar-refractivity contribution in [2.24, 2.45) is 0 Å². The van der Waals surface area contributed by atoms with Crippen molar-refractivity contribution in [3.63, 3.8) is 0 Å². The van der Waals surface area contributed by atoms with E-state index in [1.807, 2.05) is 0 Å². The second-order valence-corrected chi connectivity index (χ2v) is 2.99. The van der Waals surface area contributed by atoms with Crippen LogP contribution in [-0.2, 0) is 4.74 Å². The van der Waals surface area contributed by atoms with Crippen LogP contribution < -0.4 is 0 Å². The van der Waals surface area contributed by atoms with Crippen molar-refractivity contribution in [1.29, 1.82) is 0 Å². The molecule has 0 saturated carbocycles. The van der Waals surface area contributed by atoms with Gasteiger partial charge in [-0.25, -0.2) is 14.8 Å². The molecule has 0 unspecified atom stereocenters. The molecule has 5 nitrogen and oxygen atoms in total. The van der Waals surface area contributed by atoms with Gasteiger partial charge in [-0.2, -0.15) is 0 Å². The van der Waals surface area contributed by atoms with Gasteiger partial charge in [0.15, 0.2) is 11.6 Å². The predicted octanol–water partition coefficient (Wildman–Crippen LogP) is 1.91. The monoisotopic (exact) mass is 218 g/mol. The highest BCUT2D eigenvalue weighted by atomic mass is 16.5. The highest BCUT2D eigenvalue weighted by molar-refractivity contribution is 5.88. The van der Waals surface area contributed by atoms with Crippen LogP contribution in [0.5, 0.6) is 0 Å². The summed E-state index contributed by atoms with van der Waals surface area (Å²) < 4.78 is 9.94. The van der Waals surface area contributed by atoms with E-state index in [-0.39, 0.29) is 0 Å². The number of furan rings is 1. The number of hydrogen-bond acceptors (Lipinski definition) is 5. The smallest absolute Gasteiger partial charge is 0.341 e. The van der Waals surface area contributed by atoms with E-state index in [1.165, 1.54) is 18.7 Å². The molecule has 0 aromatic carbocycles. The van der Waals surface area contributed by atoms with Crippen LogP contribution in [0.4, 0.5) is 0 Å². The average molecular weight is 218 g/mol. The van der Waals surface area contributed by atoms with Gasteiger partial charge in [-0.3, -0.25) is 0 Å². The van der Waals surface area contributed by atoms with Crippen molar-refractivity contribution in [3.05, 3.63) is 36.4 Å². The Morgan fingerprint density at radius 2 is 2.19 bits per heavy atom. The van der Waals surface area contributed by atoms with Gasteiger partial charge in [-0.1, -0.05) is 0 Å². The topological polar surface area (TPSA) is 65.2 Å². The van der Waals surface area contributed by atoms with Gasteiger partial charge in [-0.05, 0) is 19.1 Å². The highest BCUT2D eigenvalue weighted by Crippen LogP contribution is 2.14. The third-order valence-electron chi connectivity index (χ3n) is 1.90. The van der Waals surface area contributed by atoms with E-state index in [0.29, 0.717) is 23.8 Å². The second kappa shape index (κ2) is 4.57. The molecule has 0 bridgehead atoms. The van der Waals surface area contributed by atoms with E-state index < -0.39 is 5.97 Å². The SMILES string of the molecule is CCOC(=O)c1cnc(-c2ccco2)nc1. The average Bonchev–Trinajstić information content (AvgIpc) is 2.83. The Hall–Kier alpha value is -2.17. The summed E-state index contributed by atoms with van der Waals surface area (Å²) in [6.07, 6.45) is 4.38. The molecule has 5 heteroatoms. The van der Waals surface area contributed by atoms with Crippen molar-refractivity contribution >= 4 is 5.97 Å². The number of carbonyl (C=O) groups is 1. The van der Waals surface area contributed by atoms with Crippen LogP contribution in [-0.4, -0.2) is 22.5 Å². The fourth-order valence-corrected chi connectivity index (χ4v) is 1.18. The lowest BCUT2D eigenvalue weighted by Gasteiger charge is -2.00. The molecule has 2 heterocycles. The third-order valence-corrected chi connectivity index (χ3v) is 1.90. The molecule has 0 amide bonds. The van der Waals surface area contributed by atoms with Crippen LogP contribution in [0, 0.1) is 0 Å². The number of aromatic nitrogens is 2. The van der Waals surface area contributed by atoms with Gasteiger partial charge < -0.3 is 9.15 Å². The van der Waals surface area contributed by atoms with Crippen molar-refractivity contribution in [2.45, 2.75) is 6.92 Å². The van der Waals surface area contributed by atoms with Crippen LogP contribution in [0.2, 0.25) is 0 Å². The minimum atomic E-state index is -0.423. The first-order valence-electron chi connectivity index (χ1n) is 4.84. The molecular weight excluding hydrogens is 208 g/mol. The minimum absolute atomic E-state index is 0.331. The summed E-state index contributed by atoms with van der Waals surface area (Å²) in [4.78, 5) is 19.4. The minimum Gasteiger partial charge on any atom is -0.462 e. The summed E-state index contributed by atoms with van der Waals surface area (Å²) in [6.45, 7) is 2.08. The van der Waals surface area contributed by atoms with E-state index in [0.717, 1.165) is 0 Å². The van der Waals surface area contributed by atoms with E-state index >= 15 is 0 Å². The van der Waals surface area contributed by atoms with E-state index in [9.17, 15) is 4.79 Å². The quantitative estimate of drug-likeness (QED) is 0.736. The van der Waals surface area contributed by atoms with Gasteiger partial charge in [0.05, 0.1) is 18.4 Å². The predicted molar refractivity (Wildman–Crippen MR) is 55.7 cm³/mol. The zero-order chi connectivity index (χ0) is 11.4. The Balaban J connectivity index is 2.20. The maximum Gasteiger partial charge on any atom is 0.341 e. The molecular formula is C11H10N2O3. The molecule has 16 heavy (non-hydrogen) atoms. The number of rotatable bonds is 3. The number of esters is 1. The van der Waals surface area contributed by atoms with Gasteiger partial charge in [-0.15, -0.1) is 0 Å². The Bertz CT molecular complexity index is 462. The van der Waals surface area contributed by atoms with Gasteiger partial charge in [0.25, 0.3) is 0 Å². The van der Waals surface area contributed by atoms with Crippen LogP contribution in [0.15, 0.2) is 35.2 Å². The van der Waals surface area contributed by atoms with Crippen molar-refractivity contribution in [3.8, 4) is 11.6 Å². The van der Waals surface area contributed by atoms with Gasteiger partial charge in [0.1, 0.15) is 0 Å². The maximum absolute atomic E-state index is 11.3. The Morgan fingerprint density at radius 1 is 1.44 bits per heavy atom. The molecule has 0 spiro atoms. The van der Waals surface area contributed by atoms with Gasteiger partial charge in [0.2, 0.25) is 0 Å². The van der Waals surface area contributed by atoms with E-state index in [4.69, 9.17) is 9.15 Å². The highest BCUT2D eigenvalue weighted by Gasteiger charge is 2.09. The molecule has 0 aliphatic carbocycles. The van der Waals surface area contributed by atoms with Gasteiger partial charge in [0, 0.05) is 12.4 Å².